The number of nitrogens with two attached hydrogens (primary N) is 2. The van der Waals surface area contributed by atoms with Gasteiger partial charge in [0.2, 0.25) is 0 Å². The molecule has 48 valence electrons. The molecule has 0 aromatic heterocycles. The van der Waals surface area contributed by atoms with E-state index in [1.807, 2.05) is 0 Å². The highest BCUT2D eigenvalue weighted by Gasteiger charge is 1.85. The fourth-order valence-electron chi connectivity index (χ4n) is 0.368. The predicted molar refractivity (Wildman–Crippen MR) is 36.7 cm³/mol. The molecule has 0 saturated heterocycles. The van der Waals surface area contributed by atoms with Gasteiger partial charge in [0, 0.05) is 11.6 Å². The normalized spacial score (nSPS) is 12.1. The molecular formula is C5H11ClN2. The van der Waals surface area contributed by atoms with Gasteiger partial charge in [0.25, 0.3) is 0 Å². The summed E-state index contributed by atoms with van der Waals surface area (Å²) in [5.74, 6) is 0. The molecule has 0 fully saturated rings. The molecule has 0 aromatic rings. The third-order valence-electron chi connectivity index (χ3n) is 0.723. The second kappa shape index (κ2) is 5.09. The zero-order chi connectivity index (χ0) is 6.41. The molecule has 0 amide bonds. The molecule has 0 aliphatic heterocycles. The third kappa shape index (κ3) is 4.12. The molecule has 0 aromatic carbocycles. The third-order valence-corrected chi connectivity index (χ3v) is 1.07. The van der Waals surface area contributed by atoms with Crippen LogP contribution in [0.5, 0.6) is 0 Å². The van der Waals surface area contributed by atoms with Crippen molar-refractivity contribution in [1.29, 1.82) is 0 Å². The summed E-state index contributed by atoms with van der Waals surface area (Å²) in [7, 11) is 0. The van der Waals surface area contributed by atoms with Gasteiger partial charge in [-0.1, -0.05) is 17.7 Å². The van der Waals surface area contributed by atoms with Crippen LogP contribution in [0.2, 0.25) is 0 Å². The summed E-state index contributed by atoms with van der Waals surface area (Å²) >= 11 is 5.58. The molecule has 0 unspecified atom stereocenters. The van der Waals surface area contributed by atoms with Crippen LogP contribution in [-0.2, 0) is 0 Å². The first-order valence-electron chi connectivity index (χ1n) is 2.56. The molecule has 0 rings (SSSR count). The first kappa shape index (κ1) is 7.95. The van der Waals surface area contributed by atoms with Gasteiger partial charge in [0.1, 0.15) is 0 Å². The lowest BCUT2D eigenvalue weighted by molar-refractivity contribution is 0.986. The maximum atomic E-state index is 5.58. The quantitative estimate of drug-likeness (QED) is 0.588. The predicted octanol–water partition coefficient (Wildman–Crippen LogP) is 0.417. The highest BCUT2D eigenvalue weighted by molar-refractivity contribution is 6.29. The van der Waals surface area contributed by atoms with E-state index in [1.165, 1.54) is 0 Å². The minimum Gasteiger partial charge on any atom is -0.330 e. The smallest absolute Gasteiger partial charge is 0.0166 e. The summed E-state index contributed by atoms with van der Waals surface area (Å²) in [5, 5.41) is 0.759. The standard InChI is InChI=1S/C5H11ClN2/c6-5(1-3-7)2-4-8/h1H,2-4,7-8H2/b5-1-. The molecule has 0 heterocycles. The van der Waals surface area contributed by atoms with Gasteiger partial charge in [0.05, 0.1) is 0 Å². The maximum absolute atomic E-state index is 5.58. The second-order valence-corrected chi connectivity index (χ2v) is 1.91. The van der Waals surface area contributed by atoms with E-state index < -0.39 is 0 Å². The second-order valence-electron chi connectivity index (χ2n) is 1.43. The van der Waals surface area contributed by atoms with E-state index in [4.69, 9.17) is 23.1 Å². The summed E-state index contributed by atoms with van der Waals surface area (Å²) in [6, 6.07) is 0. The highest BCUT2D eigenvalue weighted by Crippen LogP contribution is 2.02. The monoisotopic (exact) mass is 134 g/mol. The van der Waals surface area contributed by atoms with E-state index in [-0.39, 0.29) is 0 Å². The van der Waals surface area contributed by atoms with Crippen molar-refractivity contribution in [3.8, 4) is 0 Å². The molecule has 2 nitrogen and oxygen atoms in total. The van der Waals surface area contributed by atoms with E-state index in [9.17, 15) is 0 Å². The lowest BCUT2D eigenvalue weighted by Gasteiger charge is -1.90. The molecule has 0 aliphatic carbocycles. The van der Waals surface area contributed by atoms with Crippen LogP contribution in [0.25, 0.3) is 0 Å². The van der Waals surface area contributed by atoms with Gasteiger partial charge in [-0.15, -0.1) is 0 Å². The van der Waals surface area contributed by atoms with E-state index in [2.05, 4.69) is 0 Å². The van der Waals surface area contributed by atoms with Gasteiger partial charge in [-0.25, -0.2) is 0 Å². The lowest BCUT2D eigenvalue weighted by atomic mass is 10.4. The Hall–Kier alpha value is -0.0500. The topological polar surface area (TPSA) is 52.0 Å². The van der Waals surface area contributed by atoms with Crippen LogP contribution in [-0.4, -0.2) is 13.1 Å². The molecular weight excluding hydrogens is 124 g/mol. The van der Waals surface area contributed by atoms with E-state index >= 15 is 0 Å². The van der Waals surface area contributed by atoms with Crippen molar-refractivity contribution in [2.75, 3.05) is 13.1 Å². The van der Waals surface area contributed by atoms with E-state index in [0.29, 0.717) is 13.1 Å². The fourth-order valence-corrected chi connectivity index (χ4v) is 0.566. The summed E-state index contributed by atoms with van der Waals surface area (Å²) < 4.78 is 0. The van der Waals surface area contributed by atoms with Crippen LogP contribution in [0.1, 0.15) is 6.42 Å². The number of rotatable bonds is 3. The van der Waals surface area contributed by atoms with Crippen molar-refractivity contribution in [2.24, 2.45) is 11.5 Å². The molecule has 3 heteroatoms. The van der Waals surface area contributed by atoms with Crippen molar-refractivity contribution >= 4 is 11.6 Å². The van der Waals surface area contributed by atoms with Gasteiger partial charge in [-0.3, -0.25) is 0 Å². The minimum absolute atomic E-state index is 0.499. The molecule has 0 saturated carbocycles. The van der Waals surface area contributed by atoms with Crippen LogP contribution in [0, 0.1) is 0 Å². The molecule has 0 radical (unpaired) electrons. The minimum atomic E-state index is 0.499. The molecule has 0 aliphatic rings. The Kier molecular flexibility index (Phi) is 5.06. The van der Waals surface area contributed by atoms with Crippen LogP contribution in [0.15, 0.2) is 11.1 Å². The zero-order valence-electron chi connectivity index (χ0n) is 4.73. The van der Waals surface area contributed by atoms with Gasteiger partial charge >= 0.3 is 0 Å². The average Bonchev–Trinajstić information content (AvgIpc) is 1.68. The number of hydrogen-bond donors (Lipinski definition) is 2. The van der Waals surface area contributed by atoms with Crippen molar-refractivity contribution in [3.63, 3.8) is 0 Å². The fraction of sp³-hybridized carbons (Fsp3) is 0.600. The summed E-state index contributed by atoms with van der Waals surface area (Å²) in [6.45, 7) is 1.09. The Morgan fingerprint density at radius 1 is 1.50 bits per heavy atom. The summed E-state index contributed by atoms with van der Waals surface area (Å²) in [4.78, 5) is 0. The van der Waals surface area contributed by atoms with Gasteiger partial charge < -0.3 is 11.5 Å². The SMILES string of the molecule is NC/C=C(\Cl)CCN. The molecule has 0 atom stereocenters. The van der Waals surface area contributed by atoms with Gasteiger partial charge in [0.15, 0.2) is 0 Å². The maximum Gasteiger partial charge on any atom is 0.0166 e. The van der Waals surface area contributed by atoms with Crippen LogP contribution in [0.3, 0.4) is 0 Å². The van der Waals surface area contributed by atoms with E-state index in [0.717, 1.165) is 11.5 Å². The Balaban J connectivity index is 3.29. The van der Waals surface area contributed by atoms with Crippen LogP contribution < -0.4 is 11.5 Å². The summed E-state index contributed by atoms with van der Waals surface area (Å²) in [5.41, 5.74) is 10.4. The van der Waals surface area contributed by atoms with Gasteiger partial charge in [-0.2, -0.15) is 0 Å². The first-order chi connectivity index (χ1) is 3.81. The highest BCUT2D eigenvalue weighted by atomic mass is 35.5. The first-order valence-corrected chi connectivity index (χ1v) is 2.93. The molecule has 8 heavy (non-hydrogen) atoms. The zero-order valence-corrected chi connectivity index (χ0v) is 5.49. The van der Waals surface area contributed by atoms with Crippen LogP contribution in [0.4, 0.5) is 0 Å². The van der Waals surface area contributed by atoms with Crippen molar-refractivity contribution in [2.45, 2.75) is 6.42 Å². The van der Waals surface area contributed by atoms with Gasteiger partial charge in [-0.05, 0) is 13.0 Å². The Morgan fingerprint density at radius 2 is 2.12 bits per heavy atom. The molecule has 0 bridgehead atoms. The summed E-state index contributed by atoms with van der Waals surface area (Å²) in [6.07, 6.45) is 2.49. The number of hydrogen-bond acceptors (Lipinski definition) is 2. The Labute approximate surface area is 54.5 Å². The van der Waals surface area contributed by atoms with E-state index in [1.54, 1.807) is 6.08 Å². The van der Waals surface area contributed by atoms with Crippen molar-refractivity contribution in [1.82, 2.24) is 0 Å². The van der Waals surface area contributed by atoms with Crippen molar-refractivity contribution < 1.29 is 0 Å². The largest absolute Gasteiger partial charge is 0.330 e. The Bertz CT molecular complexity index is 80.5. The van der Waals surface area contributed by atoms with Crippen molar-refractivity contribution in [3.05, 3.63) is 11.1 Å². The lowest BCUT2D eigenvalue weighted by Crippen LogP contribution is -2.00. The molecule has 0 spiro atoms. The molecule has 4 N–H and O–H groups in total. The van der Waals surface area contributed by atoms with Crippen LogP contribution >= 0.6 is 11.6 Å². The average molecular weight is 135 g/mol. The Morgan fingerprint density at radius 3 is 2.50 bits per heavy atom. The number of halogens is 1.